The van der Waals surface area contributed by atoms with Gasteiger partial charge in [-0.05, 0) is 32.1 Å². The Hall–Kier alpha value is -1.63. The van der Waals surface area contributed by atoms with Gasteiger partial charge in [-0.2, -0.15) is 0 Å². The molecular formula is C21H36N4O3. The summed E-state index contributed by atoms with van der Waals surface area (Å²) in [6.07, 6.45) is 5.01. The van der Waals surface area contributed by atoms with Crippen molar-refractivity contribution in [3.63, 3.8) is 0 Å². The van der Waals surface area contributed by atoms with Crippen LogP contribution in [0.3, 0.4) is 0 Å². The van der Waals surface area contributed by atoms with Crippen LogP contribution in [0.1, 0.15) is 46.0 Å². The van der Waals surface area contributed by atoms with Crippen LogP contribution in [0, 0.1) is 11.8 Å². The van der Waals surface area contributed by atoms with Crippen LogP contribution in [-0.4, -0.2) is 96.2 Å². The molecule has 3 aliphatic heterocycles. The Kier molecular flexibility index (Phi) is 7.32. The van der Waals surface area contributed by atoms with Gasteiger partial charge in [-0.3, -0.25) is 19.3 Å². The first-order chi connectivity index (χ1) is 13.5. The molecule has 0 aromatic heterocycles. The number of piperazine rings is 1. The fourth-order valence-electron chi connectivity index (χ4n) is 4.53. The highest BCUT2D eigenvalue weighted by Crippen LogP contribution is 2.22. The van der Waals surface area contributed by atoms with Crippen molar-refractivity contribution in [2.75, 3.05) is 58.9 Å². The molecule has 7 nitrogen and oxygen atoms in total. The lowest BCUT2D eigenvalue weighted by Crippen LogP contribution is -2.54. The SMILES string of the molecule is CC(C)C(=O)N1CCC(C(=O)N2CCN(CC(=O)N3CCCCC3)CC2)CC1. The highest BCUT2D eigenvalue weighted by Gasteiger charge is 2.32. The van der Waals surface area contributed by atoms with Crippen molar-refractivity contribution in [2.45, 2.75) is 46.0 Å². The second-order valence-electron chi connectivity index (χ2n) is 8.80. The van der Waals surface area contributed by atoms with Crippen LogP contribution in [0.5, 0.6) is 0 Å². The second-order valence-corrected chi connectivity index (χ2v) is 8.80. The lowest BCUT2D eigenvalue weighted by Gasteiger charge is -2.39. The van der Waals surface area contributed by atoms with E-state index in [1.165, 1.54) is 6.42 Å². The van der Waals surface area contributed by atoms with E-state index in [0.29, 0.717) is 32.7 Å². The minimum absolute atomic E-state index is 0.0213. The Labute approximate surface area is 169 Å². The van der Waals surface area contributed by atoms with E-state index in [1.807, 2.05) is 28.5 Å². The quantitative estimate of drug-likeness (QED) is 0.717. The first-order valence-corrected chi connectivity index (χ1v) is 11.0. The minimum Gasteiger partial charge on any atom is -0.342 e. The number of rotatable bonds is 4. The van der Waals surface area contributed by atoms with E-state index in [2.05, 4.69) is 4.90 Å². The number of carbonyl (C=O) groups is 3. The molecule has 0 N–H and O–H groups in total. The average Bonchev–Trinajstić information content (AvgIpc) is 2.74. The molecule has 3 saturated heterocycles. The third-order valence-corrected chi connectivity index (χ3v) is 6.40. The molecule has 3 rings (SSSR count). The molecule has 0 radical (unpaired) electrons. The van der Waals surface area contributed by atoms with Crippen LogP contribution in [0.15, 0.2) is 0 Å². The number of hydrogen-bond acceptors (Lipinski definition) is 4. The standard InChI is InChI=1S/C21H36N4O3/c1-17(2)20(27)24-10-6-18(7-11-24)21(28)25-14-12-22(13-15-25)16-19(26)23-8-4-3-5-9-23/h17-18H,3-16H2,1-2H3. The van der Waals surface area contributed by atoms with Crippen molar-refractivity contribution in [1.29, 1.82) is 0 Å². The summed E-state index contributed by atoms with van der Waals surface area (Å²) in [6.45, 7) is 10.5. The number of piperidine rings is 2. The number of amides is 3. The maximum atomic E-state index is 12.9. The van der Waals surface area contributed by atoms with Crippen LogP contribution in [0.25, 0.3) is 0 Å². The Morgan fingerprint density at radius 1 is 0.750 bits per heavy atom. The van der Waals surface area contributed by atoms with E-state index >= 15 is 0 Å². The molecular weight excluding hydrogens is 356 g/mol. The van der Waals surface area contributed by atoms with Gasteiger partial charge in [0.2, 0.25) is 17.7 Å². The first-order valence-electron chi connectivity index (χ1n) is 11.0. The summed E-state index contributed by atoms with van der Waals surface area (Å²) in [5.74, 6) is 0.726. The van der Waals surface area contributed by atoms with Gasteiger partial charge < -0.3 is 14.7 Å². The summed E-state index contributed by atoms with van der Waals surface area (Å²) in [6, 6.07) is 0. The molecule has 3 heterocycles. The van der Waals surface area contributed by atoms with Crippen molar-refractivity contribution < 1.29 is 14.4 Å². The maximum absolute atomic E-state index is 12.9. The zero-order chi connectivity index (χ0) is 20.1. The van der Waals surface area contributed by atoms with Crippen LogP contribution in [-0.2, 0) is 14.4 Å². The highest BCUT2D eigenvalue weighted by molar-refractivity contribution is 5.81. The molecule has 0 aliphatic carbocycles. The number of likely N-dealkylation sites (tertiary alicyclic amines) is 2. The summed E-state index contributed by atoms with van der Waals surface area (Å²) in [5.41, 5.74) is 0. The molecule has 3 fully saturated rings. The molecule has 0 unspecified atom stereocenters. The summed E-state index contributed by atoms with van der Waals surface area (Å²) >= 11 is 0. The predicted molar refractivity (Wildman–Crippen MR) is 108 cm³/mol. The zero-order valence-corrected chi connectivity index (χ0v) is 17.6. The first kappa shape index (κ1) is 21.1. The van der Waals surface area contributed by atoms with E-state index in [-0.39, 0.29) is 29.6 Å². The molecule has 158 valence electrons. The molecule has 0 saturated carbocycles. The van der Waals surface area contributed by atoms with E-state index in [1.54, 1.807) is 0 Å². The molecule has 0 bridgehead atoms. The van der Waals surface area contributed by atoms with Crippen LogP contribution in [0.4, 0.5) is 0 Å². The largest absolute Gasteiger partial charge is 0.342 e. The zero-order valence-electron chi connectivity index (χ0n) is 17.6. The second kappa shape index (κ2) is 9.72. The average molecular weight is 393 g/mol. The number of nitrogens with zero attached hydrogens (tertiary/aromatic N) is 4. The van der Waals surface area contributed by atoms with Crippen molar-refractivity contribution >= 4 is 17.7 Å². The van der Waals surface area contributed by atoms with Crippen LogP contribution >= 0.6 is 0 Å². The third kappa shape index (κ3) is 5.25. The molecule has 0 aromatic rings. The van der Waals surface area contributed by atoms with Crippen molar-refractivity contribution in [3.05, 3.63) is 0 Å². The van der Waals surface area contributed by atoms with Gasteiger partial charge in [0, 0.05) is 64.2 Å². The van der Waals surface area contributed by atoms with Gasteiger partial charge in [0.25, 0.3) is 0 Å². The van der Waals surface area contributed by atoms with Gasteiger partial charge in [-0.25, -0.2) is 0 Å². The summed E-state index contributed by atoms with van der Waals surface area (Å²) < 4.78 is 0. The molecule has 0 aromatic carbocycles. The lowest BCUT2D eigenvalue weighted by molar-refractivity contribution is -0.143. The monoisotopic (exact) mass is 392 g/mol. The third-order valence-electron chi connectivity index (χ3n) is 6.40. The summed E-state index contributed by atoms with van der Waals surface area (Å²) in [5, 5.41) is 0. The maximum Gasteiger partial charge on any atom is 0.236 e. The van der Waals surface area contributed by atoms with Crippen LogP contribution < -0.4 is 0 Å². The van der Waals surface area contributed by atoms with Crippen molar-refractivity contribution in [1.82, 2.24) is 19.6 Å². The van der Waals surface area contributed by atoms with E-state index < -0.39 is 0 Å². The van der Waals surface area contributed by atoms with E-state index in [9.17, 15) is 14.4 Å². The van der Waals surface area contributed by atoms with E-state index in [0.717, 1.165) is 51.9 Å². The molecule has 28 heavy (non-hydrogen) atoms. The van der Waals surface area contributed by atoms with Gasteiger partial charge in [0.1, 0.15) is 0 Å². The van der Waals surface area contributed by atoms with Gasteiger partial charge >= 0.3 is 0 Å². The summed E-state index contributed by atoms with van der Waals surface area (Å²) in [4.78, 5) is 45.5. The Morgan fingerprint density at radius 3 is 1.93 bits per heavy atom. The van der Waals surface area contributed by atoms with Gasteiger partial charge in [-0.15, -0.1) is 0 Å². The van der Waals surface area contributed by atoms with Gasteiger partial charge in [0.15, 0.2) is 0 Å². The van der Waals surface area contributed by atoms with Crippen molar-refractivity contribution in [3.8, 4) is 0 Å². The smallest absolute Gasteiger partial charge is 0.236 e. The van der Waals surface area contributed by atoms with Crippen molar-refractivity contribution in [2.24, 2.45) is 11.8 Å². The number of carbonyl (C=O) groups excluding carboxylic acids is 3. The molecule has 0 atom stereocenters. The molecule has 3 aliphatic rings. The molecule has 3 amide bonds. The Bertz CT molecular complexity index is 558. The van der Waals surface area contributed by atoms with Crippen LogP contribution in [0.2, 0.25) is 0 Å². The fraction of sp³-hybridized carbons (Fsp3) is 0.857. The van der Waals surface area contributed by atoms with Gasteiger partial charge in [-0.1, -0.05) is 13.8 Å². The summed E-state index contributed by atoms with van der Waals surface area (Å²) in [7, 11) is 0. The Morgan fingerprint density at radius 2 is 1.36 bits per heavy atom. The normalized spacial score (nSPS) is 22.6. The van der Waals surface area contributed by atoms with Gasteiger partial charge in [0.05, 0.1) is 6.54 Å². The fourth-order valence-corrected chi connectivity index (χ4v) is 4.53. The topological polar surface area (TPSA) is 64.2 Å². The lowest BCUT2D eigenvalue weighted by atomic mass is 9.94. The molecule has 7 heteroatoms. The van der Waals surface area contributed by atoms with E-state index in [4.69, 9.17) is 0 Å². The highest BCUT2D eigenvalue weighted by atomic mass is 16.2. The number of hydrogen-bond donors (Lipinski definition) is 0. The minimum atomic E-state index is 0.0213. The Balaban J connectivity index is 1.39. The predicted octanol–water partition coefficient (Wildman–Crippen LogP) is 1.04. The molecule has 0 spiro atoms.